The van der Waals surface area contributed by atoms with Crippen LogP contribution in [0, 0.1) is 5.41 Å². The summed E-state index contributed by atoms with van der Waals surface area (Å²) in [6, 6.07) is 5.49. The summed E-state index contributed by atoms with van der Waals surface area (Å²) in [6.45, 7) is 0.840. The third-order valence-electron chi connectivity index (χ3n) is 3.93. The van der Waals surface area contributed by atoms with Crippen LogP contribution in [0.25, 0.3) is 10.9 Å². The van der Waals surface area contributed by atoms with Gasteiger partial charge in [0.25, 0.3) is 5.91 Å². The molecule has 1 saturated carbocycles. The van der Waals surface area contributed by atoms with Gasteiger partial charge in [0.15, 0.2) is 0 Å². The molecule has 0 spiro atoms. The molecule has 0 aliphatic heterocycles. The van der Waals surface area contributed by atoms with E-state index in [1.54, 1.807) is 12.3 Å². The van der Waals surface area contributed by atoms with Crippen LogP contribution in [0.3, 0.4) is 0 Å². The maximum Gasteiger partial charge on any atom is 0.251 e. The van der Waals surface area contributed by atoms with E-state index < -0.39 is 0 Å². The number of fused-ring (bicyclic) bond motifs is 1. The molecule has 100 valence electrons. The van der Waals surface area contributed by atoms with Crippen LogP contribution in [0.15, 0.2) is 24.4 Å². The molecule has 3 rings (SSSR count). The van der Waals surface area contributed by atoms with E-state index in [9.17, 15) is 4.79 Å². The second-order valence-electron chi connectivity index (χ2n) is 5.33. The number of aliphatic hydroxyl groups is 1. The summed E-state index contributed by atoms with van der Waals surface area (Å²) in [5.74, 6) is -0.0627. The number of carbonyl (C=O) groups excluding carboxylic acids is 1. The third kappa shape index (κ3) is 2.46. The van der Waals surface area contributed by atoms with Crippen LogP contribution in [0.5, 0.6) is 0 Å². The monoisotopic (exact) mass is 259 g/mol. The van der Waals surface area contributed by atoms with E-state index in [2.05, 4.69) is 15.5 Å². The smallest absolute Gasteiger partial charge is 0.251 e. The Labute approximate surface area is 111 Å². The van der Waals surface area contributed by atoms with Crippen molar-refractivity contribution in [2.75, 3.05) is 13.2 Å². The molecule has 0 atom stereocenters. The van der Waals surface area contributed by atoms with Crippen LogP contribution in [-0.4, -0.2) is 34.4 Å². The van der Waals surface area contributed by atoms with Gasteiger partial charge >= 0.3 is 0 Å². The Morgan fingerprint density at radius 2 is 2.32 bits per heavy atom. The number of rotatable bonds is 5. The van der Waals surface area contributed by atoms with Crippen LogP contribution in [0.2, 0.25) is 0 Å². The first-order valence-electron chi connectivity index (χ1n) is 6.55. The number of nitrogens with zero attached hydrogens (tertiary/aromatic N) is 1. The zero-order valence-corrected chi connectivity index (χ0v) is 10.6. The van der Waals surface area contributed by atoms with Crippen molar-refractivity contribution in [2.24, 2.45) is 5.41 Å². The minimum absolute atomic E-state index is 0.0627. The van der Waals surface area contributed by atoms with Crippen molar-refractivity contribution >= 4 is 16.8 Å². The Balaban J connectivity index is 1.66. The minimum atomic E-state index is -0.0627. The molecule has 1 aromatic heterocycles. The lowest BCUT2D eigenvalue weighted by atomic mass is 10.0. The number of aromatic amines is 1. The first-order chi connectivity index (χ1) is 9.22. The molecule has 1 fully saturated rings. The van der Waals surface area contributed by atoms with Crippen LogP contribution in [0.1, 0.15) is 29.6 Å². The number of benzene rings is 1. The van der Waals surface area contributed by atoms with Gasteiger partial charge in [-0.1, -0.05) is 0 Å². The highest BCUT2D eigenvalue weighted by molar-refractivity contribution is 5.97. The molecule has 1 aromatic carbocycles. The maximum atomic E-state index is 12.1. The molecule has 0 radical (unpaired) electrons. The van der Waals surface area contributed by atoms with Crippen molar-refractivity contribution in [3.8, 4) is 0 Å². The number of carbonyl (C=O) groups is 1. The topological polar surface area (TPSA) is 78.0 Å². The molecule has 1 heterocycles. The molecule has 1 aliphatic carbocycles. The predicted octanol–water partition coefficient (Wildman–Crippen LogP) is 1.46. The van der Waals surface area contributed by atoms with Crippen LogP contribution in [0.4, 0.5) is 0 Å². The molecule has 5 heteroatoms. The Kier molecular flexibility index (Phi) is 2.98. The van der Waals surface area contributed by atoms with Crippen molar-refractivity contribution in [3.63, 3.8) is 0 Å². The largest absolute Gasteiger partial charge is 0.396 e. The number of H-pyrrole nitrogens is 1. The molecule has 3 N–H and O–H groups in total. The van der Waals surface area contributed by atoms with Gasteiger partial charge in [-0.2, -0.15) is 5.10 Å². The van der Waals surface area contributed by atoms with Gasteiger partial charge in [0.05, 0.1) is 11.7 Å². The normalized spacial score (nSPS) is 16.5. The summed E-state index contributed by atoms with van der Waals surface area (Å²) in [6.07, 6.45) is 4.66. The van der Waals surface area contributed by atoms with E-state index in [1.807, 2.05) is 12.1 Å². The van der Waals surface area contributed by atoms with Gasteiger partial charge in [-0.15, -0.1) is 0 Å². The summed E-state index contributed by atoms with van der Waals surface area (Å²) in [4.78, 5) is 12.1. The molecular formula is C14H17N3O2. The Morgan fingerprint density at radius 1 is 1.47 bits per heavy atom. The molecular weight excluding hydrogens is 242 g/mol. The maximum absolute atomic E-state index is 12.1. The molecule has 1 amide bonds. The zero-order valence-electron chi connectivity index (χ0n) is 10.6. The van der Waals surface area contributed by atoms with E-state index >= 15 is 0 Å². The SMILES string of the molecule is O=C(NCC1(CCO)CC1)c1ccc2[nH]ncc2c1. The lowest BCUT2D eigenvalue weighted by Gasteiger charge is -2.14. The highest BCUT2D eigenvalue weighted by Gasteiger charge is 2.41. The summed E-state index contributed by atoms with van der Waals surface area (Å²) in [5, 5.41) is 19.7. The van der Waals surface area contributed by atoms with E-state index in [1.165, 1.54) is 0 Å². The minimum Gasteiger partial charge on any atom is -0.396 e. The van der Waals surface area contributed by atoms with Crippen LogP contribution < -0.4 is 5.32 Å². The van der Waals surface area contributed by atoms with Crippen LogP contribution in [-0.2, 0) is 0 Å². The van der Waals surface area contributed by atoms with Crippen molar-refractivity contribution in [3.05, 3.63) is 30.0 Å². The van der Waals surface area contributed by atoms with Crippen molar-refractivity contribution in [1.29, 1.82) is 0 Å². The molecule has 0 saturated heterocycles. The molecule has 2 aromatic rings. The highest BCUT2D eigenvalue weighted by atomic mass is 16.3. The lowest BCUT2D eigenvalue weighted by molar-refractivity contribution is 0.0941. The van der Waals surface area contributed by atoms with Gasteiger partial charge in [-0.3, -0.25) is 9.89 Å². The van der Waals surface area contributed by atoms with Crippen molar-refractivity contribution in [2.45, 2.75) is 19.3 Å². The zero-order chi connectivity index (χ0) is 13.3. The Bertz CT molecular complexity index is 602. The predicted molar refractivity (Wildman–Crippen MR) is 71.8 cm³/mol. The summed E-state index contributed by atoms with van der Waals surface area (Å²) < 4.78 is 0. The fourth-order valence-electron chi connectivity index (χ4n) is 2.38. The first kappa shape index (κ1) is 12.2. The number of amides is 1. The van der Waals surface area contributed by atoms with Gasteiger partial charge in [0.1, 0.15) is 0 Å². The number of nitrogens with one attached hydrogen (secondary N) is 2. The van der Waals surface area contributed by atoms with Gasteiger partial charge in [0.2, 0.25) is 0 Å². The van der Waals surface area contributed by atoms with Gasteiger partial charge in [-0.25, -0.2) is 0 Å². The van der Waals surface area contributed by atoms with E-state index in [0.29, 0.717) is 12.1 Å². The summed E-state index contributed by atoms with van der Waals surface area (Å²) in [5.41, 5.74) is 1.72. The third-order valence-corrected chi connectivity index (χ3v) is 3.93. The number of aliphatic hydroxyl groups excluding tert-OH is 1. The lowest BCUT2D eigenvalue weighted by Crippen LogP contribution is -2.30. The molecule has 5 nitrogen and oxygen atoms in total. The Morgan fingerprint density at radius 3 is 3.05 bits per heavy atom. The van der Waals surface area contributed by atoms with E-state index in [4.69, 9.17) is 5.11 Å². The molecule has 0 bridgehead atoms. The fourth-order valence-corrected chi connectivity index (χ4v) is 2.38. The fraction of sp³-hybridized carbons (Fsp3) is 0.429. The summed E-state index contributed by atoms with van der Waals surface area (Å²) in [7, 11) is 0. The second kappa shape index (κ2) is 4.66. The number of hydrogen-bond donors (Lipinski definition) is 3. The average Bonchev–Trinajstić information content (AvgIpc) is 3.02. The molecule has 0 unspecified atom stereocenters. The number of hydrogen-bond acceptors (Lipinski definition) is 3. The highest BCUT2D eigenvalue weighted by Crippen LogP contribution is 2.47. The average molecular weight is 259 g/mol. The van der Waals surface area contributed by atoms with Gasteiger partial charge < -0.3 is 10.4 Å². The van der Waals surface area contributed by atoms with E-state index in [0.717, 1.165) is 30.2 Å². The summed E-state index contributed by atoms with van der Waals surface area (Å²) >= 11 is 0. The van der Waals surface area contributed by atoms with Crippen molar-refractivity contribution < 1.29 is 9.90 Å². The van der Waals surface area contributed by atoms with Crippen LogP contribution >= 0.6 is 0 Å². The standard InChI is InChI=1S/C14H17N3O2/c18-6-5-14(3-4-14)9-15-13(19)10-1-2-12-11(7-10)8-16-17-12/h1-2,7-8,18H,3-6,9H2,(H,15,19)(H,16,17). The van der Waals surface area contributed by atoms with Crippen molar-refractivity contribution in [1.82, 2.24) is 15.5 Å². The van der Waals surface area contributed by atoms with E-state index in [-0.39, 0.29) is 17.9 Å². The molecule has 1 aliphatic rings. The number of aromatic nitrogens is 2. The van der Waals surface area contributed by atoms with Gasteiger partial charge in [0, 0.05) is 24.1 Å². The first-order valence-corrected chi connectivity index (χ1v) is 6.55. The quantitative estimate of drug-likeness (QED) is 0.760. The second-order valence-corrected chi connectivity index (χ2v) is 5.33. The Hall–Kier alpha value is -1.88. The van der Waals surface area contributed by atoms with Gasteiger partial charge in [-0.05, 0) is 42.9 Å². The molecule has 19 heavy (non-hydrogen) atoms.